The van der Waals surface area contributed by atoms with Gasteiger partial charge >= 0.3 is 6.09 Å². The average molecular weight is 371 g/mol. The van der Waals surface area contributed by atoms with Gasteiger partial charge < -0.3 is 9.64 Å². The number of ether oxygens (including phenoxy) is 1. The molecule has 1 N–H and O–H groups in total. The molecular weight excluding hydrogens is 352 g/mol. The number of hydrogen-bond acceptors (Lipinski definition) is 5. The molecule has 8 heteroatoms. The number of hydrogen-bond donors (Lipinski definition) is 1. The molecule has 7 nitrogen and oxygen atoms in total. The number of amides is 1. The van der Waals surface area contributed by atoms with E-state index in [1.54, 1.807) is 6.20 Å². The normalized spacial score (nSPS) is 24.0. The van der Waals surface area contributed by atoms with Crippen LogP contribution in [-0.4, -0.2) is 52.0 Å². The van der Waals surface area contributed by atoms with Crippen molar-refractivity contribution in [3.8, 4) is 0 Å². The topological polar surface area (TPSA) is 78.5 Å². The largest absolute Gasteiger partial charge is 0.444 e. The van der Waals surface area contributed by atoms with E-state index in [0.717, 1.165) is 12.1 Å². The van der Waals surface area contributed by atoms with Gasteiger partial charge in [-0.1, -0.05) is 0 Å². The van der Waals surface area contributed by atoms with Crippen molar-refractivity contribution < 1.29 is 9.53 Å². The quantitative estimate of drug-likeness (QED) is 0.814. The first-order valence-corrected chi connectivity index (χ1v) is 8.05. The number of carbonyl (C=O) groups is 1. The number of carbonyl (C=O) groups excluding carboxylic acids is 1. The minimum absolute atomic E-state index is 0.125. The Hall–Kier alpha value is -1.57. The predicted molar refractivity (Wildman–Crippen MR) is 85.0 cm³/mol. The molecule has 22 heavy (non-hydrogen) atoms. The highest BCUT2D eigenvalue weighted by atomic mass is 79.9. The Balaban J connectivity index is 1.71. The molecule has 0 radical (unpaired) electrons. The molecule has 3 aliphatic rings. The van der Waals surface area contributed by atoms with Crippen LogP contribution in [0.3, 0.4) is 0 Å². The molecule has 3 fully saturated rings. The number of anilines is 1. The van der Waals surface area contributed by atoms with E-state index in [-0.39, 0.29) is 23.7 Å². The molecule has 0 saturated carbocycles. The number of nitrogens with one attached hydrogen (secondary N) is 1. The Morgan fingerprint density at radius 1 is 1.41 bits per heavy atom. The zero-order valence-corrected chi connectivity index (χ0v) is 14.4. The molecule has 3 aliphatic heterocycles. The van der Waals surface area contributed by atoms with Crippen LogP contribution in [0, 0.1) is 0 Å². The SMILES string of the molecule is CC(C)(C)OC(=O)N1C2CC1CN(c1cn[nH]c(=O)c1Br)C2. The summed E-state index contributed by atoms with van der Waals surface area (Å²) < 4.78 is 5.93. The Bertz CT molecular complexity index is 642. The molecule has 2 unspecified atom stereocenters. The maximum Gasteiger partial charge on any atom is 0.410 e. The monoisotopic (exact) mass is 370 g/mol. The molecule has 2 bridgehead atoms. The summed E-state index contributed by atoms with van der Waals surface area (Å²) in [6.07, 6.45) is 2.36. The van der Waals surface area contributed by atoms with Crippen molar-refractivity contribution in [3.05, 3.63) is 21.0 Å². The van der Waals surface area contributed by atoms with Gasteiger partial charge in [-0.25, -0.2) is 9.89 Å². The highest BCUT2D eigenvalue weighted by Crippen LogP contribution is 2.36. The van der Waals surface area contributed by atoms with E-state index in [4.69, 9.17) is 4.74 Å². The van der Waals surface area contributed by atoms with E-state index in [1.165, 1.54) is 0 Å². The predicted octanol–water partition coefficient (Wildman–Crippen LogP) is 1.73. The van der Waals surface area contributed by atoms with Gasteiger partial charge in [0.05, 0.1) is 24.0 Å². The van der Waals surface area contributed by atoms with Crippen molar-refractivity contribution in [2.75, 3.05) is 18.0 Å². The summed E-state index contributed by atoms with van der Waals surface area (Å²) in [4.78, 5) is 27.8. The van der Waals surface area contributed by atoms with Gasteiger partial charge in [0, 0.05) is 13.1 Å². The van der Waals surface area contributed by atoms with Crippen LogP contribution < -0.4 is 10.5 Å². The van der Waals surface area contributed by atoms with Crippen LogP contribution in [0.1, 0.15) is 27.2 Å². The zero-order valence-electron chi connectivity index (χ0n) is 12.8. The van der Waals surface area contributed by atoms with Crippen molar-refractivity contribution in [1.29, 1.82) is 0 Å². The van der Waals surface area contributed by atoms with Crippen LogP contribution >= 0.6 is 15.9 Å². The third kappa shape index (κ3) is 2.71. The molecule has 3 saturated heterocycles. The smallest absolute Gasteiger partial charge is 0.410 e. The lowest BCUT2D eigenvalue weighted by Crippen LogP contribution is -2.70. The summed E-state index contributed by atoms with van der Waals surface area (Å²) in [6.45, 7) is 6.96. The first-order chi connectivity index (χ1) is 10.3. The molecule has 4 heterocycles. The fourth-order valence-corrected chi connectivity index (χ4v) is 3.46. The number of piperidine rings is 1. The van der Waals surface area contributed by atoms with Crippen LogP contribution in [-0.2, 0) is 4.74 Å². The number of aromatic nitrogens is 2. The fourth-order valence-electron chi connectivity index (χ4n) is 3.01. The van der Waals surface area contributed by atoms with E-state index in [1.807, 2.05) is 25.7 Å². The van der Waals surface area contributed by atoms with Gasteiger partial charge in [0.2, 0.25) is 0 Å². The van der Waals surface area contributed by atoms with Gasteiger partial charge in [-0.3, -0.25) is 9.69 Å². The summed E-state index contributed by atoms with van der Waals surface area (Å²) in [7, 11) is 0. The van der Waals surface area contributed by atoms with Crippen molar-refractivity contribution in [2.24, 2.45) is 0 Å². The van der Waals surface area contributed by atoms with Gasteiger partial charge in [0.1, 0.15) is 10.1 Å². The zero-order chi connectivity index (χ0) is 16.1. The van der Waals surface area contributed by atoms with Gasteiger partial charge in [-0.05, 0) is 43.1 Å². The second-order valence-electron chi connectivity index (χ2n) is 6.73. The van der Waals surface area contributed by atoms with Crippen molar-refractivity contribution in [3.63, 3.8) is 0 Å². The van der Waals surface area contributed by atoms with Crippen molar-refractivity contribution >= 4 is 27.7 Å². The standard InChI is InChI=1S/C14H19BrN4O3/c1-14(2,3)22-13(21)19-8-4-9(19)7-18(6-8)10-5-16-17-12(20)11(10)15/h5,8-9H,4,6-7H2,1-3H3,(H,17,20). The minimum Gasteiger partial charge on any atom is -0.444 e. The molecule has 1 aromatic rings. The van der Waals surface area contributed by atoms with Gasteiger partial charge in [-0.15, -0.1) is 0 Å². The second kappa shape index (κ2) is 5.26. The maximum atomic E-state index is 12.2. The Morgan fingerprint density at radius 3 is 2.64 bits per heavy atom. The van der Waals surface area contributed by atoms with Gasteiger partial charge in [-0.2, -0.15) is 5.10 Å². The second-order valence-corrected chi connectivity index (χ2v) is 7.53. The number of nitrogens with zero attached hydrogens (tertiary/aromatic N) is 3. The Labute approximate surface area is 136 Å². The van der Waals surface area contributed by atoms with Crippen LogP contribution in [0.4, 0.5) is 10.5 Å². The molecule has 120 valence electrons. The molecule has 2 atom stereocenters. The Morgan fingerprint density at radius 2 is 2.05 bits per heavy atom. The first-order valence-electron chi connectivity index (χ1n) is 7.26. The average Bonchev–Trinajstić information content (AvgIpc) is 2.39. The van der Waals surface area contributed by atoms with Crippen molar-refractivity contribution in [1.82, 2.24) is 15.1 Å². The molecule has 4 rings (SSSR count). The van der Waals surface area contributed by atoms with Crippen LogP contribution in [0.15, 0.2) is 15.5 Å². The first kappa shape index (κ1) is 15.3. The third-order valence-corrected chi connectivity index (χ3v) is 4.68. The summed E-state index contributed by atoms with van der Waals surface area (Å²) in [5, 5.41) is 6.24. The molecule has 0 aliphatic carbocycles. The van der Waals surface area contributed by atoms with Gasteiger partial charge in [0.15, 0.2) is 0 Å². The summed E-state index contributed by atoms with van der Waals surface area (Å²) >= 11 is 3.30. The number of rotatable bonds is 1. The van der Waals surface area contributed by atoms with Crippen molar-refractivity contribution in [2.45, 2.75) is 44.9 Å². The molecule has 1 amide bonds. The molecule has 0 aromatic carbocycles. The van der Waals surface area contributed by atoms with E-state index < -0.39 is 5.60 Å². The summed E-state index contributed by atoms with van der Waals surface area (Å²) in [5.41, 5.74) is 0.0309. The number of fused-ring (bicyclic) bond motifs is 2. The van der Waals surface area contributed by atoms with E-state index in [9.17, 15) is 9.59 Å². The number of H-pyrrole nitrogens is 1. The van der Waals surface area contributed by atoms with E-state index in [0.29, 0.717) is 17.6 Å². The minimum atomic E-state index is -0.486. The lowest BCUT2D eigenvalue weighted by atomic mass is 9.88. The highest BCUT2D eigenvalue weighted by molar-refractivity contribution is 9.10. The fraction of sp³-hybridized carbons (Fsp3) is 0.643. The van der Waals surface area contributed by atoms with Gasteiger partial charge in [0.25, 0.3) is 5.56 Å². The van der Waals surface area contributed by atoms with E-state index in [2.05, 4.69) is 31.0 Å². The number of halogens is 1. The van der Waals surface area contributed by atoms with Crippen LogP contribution in [0.5, 0.6) is 0 Å². The summed E-state index contributed by atoms with van der Waals surface area (Å²) in [5.74, 6) is 0. The molecule has 0 spiro atoms. The Kier molecular flexibility index (Phi) is 3.66. The van der Waals surface area contributed by atoms with E-state index >= 15 is 0 Å². The maximum absolute atomic E-state index is 12.2. The van der Waals surface area contributed by atoms with Crippen LogP contribution in [0.2, 0.25) is 0 Å². The number of aromatic amines is 1. The third-order valence-electron chi connectivity index (χ3n) is 3.92. The highest BCUT2D eigenvalue weighted by Gasteiger charge is 2.49. The lowest BCUT2D eigenvalue weighted by molar-refractivity contribution is -0.0379. The molecular formula is C14H19BrN4O3. The summed E-state index contributed by atoms with van der Waals surface area (Å²) in [6, 6.07) is 0.250. The molecule has 1 aromatic heterocycles. The number of piperazine rings is 1. The lowest BCUT2D eigenvalue weighted by Gasteiger charge is -2.56. The van der Waals surface area contributed by atoms with Crippen LogP contribution in [0.25, 0.3) is 0 Å².